The van der Waals surface area contributed by atoms with Gasteiger partial charge >= 0.3 is 6.09 Å². The minimum atomic E-state index is -0.481. The third-order valence-electron chi connectivity index (χ3n) is 5.93. The molecule has 5 nitrogen and oxygen atoms in total. The lowest BCUT2D eigenvalue weighted by molar-refractivity contribution is -0.136. The Labute approximate surface area is 149 Å². The standard InChI is InChI=1S/C20H28N2O3/c1-4-15(12-21-19(24)25-3)18(23)22-9-8-20(11-17(20)13-22)16-7-5-6-14(2)10-16/h5-7,10,15,17H,4,8-9,11-13H2,1-3H3,(H,21,24). The maximum Gasteiger partial charge on any atom is 0.406 e. The van der Waals surface area contributed by atoms with Crippen molar-refractivity contribution < 1.29 is 14.3 Å². The molecule has 0 radical (unpaired) electrons. The molecular weight excluding hydrogens is 316 g/mol. The molecule has 3 rings (SSSR count). The van der Waals surface area contributed by atoms with E-state index in [1.54, 1.807) is 0 Å². The lowest BCUT2D eigenvalue weighted by Crippen LogP contribution is -2.46. The topological polar surface area (TPSA) is 58.6 Å². The van der Waals surface area contributed by atoms with Crippen LogP contribution in [-0.4, -0.2) is 43.6 Å². The summed E-state index contributed by atoms with van der Waals surface area (Å²) in [4.78, 5) is 26.1. The van der Waals surface area contributed by atoms with Gasteiger partial charge in [0.1, 0.15) is 0 Å². The van der Waals surface area contributed by atoms with Crippen LogP contribution in [0.3, 0.4) is 0 Å². The molecule has 2 fully saturated rings. The van der Waals surface area contributed by atoms with Crippen LogP contribution in [0.2, 0.25) is 0 Å². The Morgan fingerprint density at radius 1 is 1.44 bits per heavy atom. The fourth-order valence-corrected chi connectivity index (χ4v) is 4.21. The third-order valence-corrected chi connectivity index (χ3v) is 5.93. The maximum atomic E-state index is 12.8. The maximum absolute atomic E-state index is 12.8. The zero-order chi connectivity index (χ0) is 18.0. The van der Waals surface area contributed by atoms with E-state index >= 15 is 0 Å². The summed E-state index contributed by atoms with van der Waals surface area (Å²) in [6.45, 7) is 6.10. The normalized spacial score (nSPS) is 25.7. The molecular formula is C20H28N2O3. The van der Waals surface area contributed by atoms with Crippen LogP contribution in [0, 0.1) is 18.8 Å². The number of fused-ring (bicyclic) bond motifs is 1. The van der Waals surface area contributed by atoms with Gasteiger partial charge in [0.15, 0.2) is 0 Å². The lowest BCUT2D eigenvalue weighted by atomic mass is 9.86. The predicted molar refractivity (Wildman–Crippen MR) is 96.3 cm³/mol. The molecule has 3 unspecified atom stereocenters. The van der Waals surface area contributed by atoms with Crippen molar-refractivity contribution in [2.24, 2.45) is 11.8 Å². The Bertz CT molecular complexity index is 660. The first-order valence-corrected chi connectivity index (χ1v) is 9.18. The van der Waals surface area contributed by atoms with Gasteiger partial charge in [-0.1, -0.05) is 36.8 Å². The second-order valence-electron chi connectivity index (χ2n) is 7.44. The van der Waals surface area contributed by atoms with E-state index < -0.39 is 6.09 Å². The zero-order valence-electron chi connectivity index (χ0n) is 15.4. The number of methoxy groups -OCH3 is 1. The molecule has 2 aliphatic rings. The number of carbonyl (C=O) groups excluding carboxylic acids is 2. The number of amides is 2. The number of carbonyl (C=O) groups is 2. The van der Waals surface area contributed by atoms with Crippen molar-refractivity contribution in [2.45, 2.75) is 38.5 Å². The van der Waals surface area contributed by atoms with Crippen molar-refractivity contribution in [3.05, 3.63) is 35.4 Å². The van der Waals surface area contributed by atoms with E-state index in [0.29, 0.717) is 18.9 Å². The Kier molecular flexibility index (Phi) is 5.02. The molecule has 0 spiro atoms. The van der Waals surface area contributed by atoms with Gasteiger partial charge < -0.3 is 15.0 Å². The van der Waals surface area contributed by atoms with Crippen LogP contribution in [0.1, 0.15) is 37.3 Å². The molecule has 0 bridgehead atoms. The molecule has 25 heavy (non-hydrogen) atoms. The van der Waals surface area contributed by atoms with Crippen molar-refractivity contribution in [1.29, 1.82) is 0 Å². The van der Waals surface area contributed by atoms with Gasteiger partial charge in [0.25, 0.3) is 0 Å². The Hall–Kier alpha value is -2.04. The van der Waals surface area contributed by atoms with Gasteiger partial charge in [0, 0.05) is 25.0 Å². The lowest BCUT2D eigenvalue weighted by Gasteiger charge is -2.34. The highest BCUT2D eigenvalue weighted by Gasteiger charge is 2.58. The summed E-state index contributed by atoms with van der Waals surface area (Å²) < 4.78 is 4.59. The van der Waals surface area contributed by atoms with E-state index in [2.05, 4.69) is 41.2 Å². The number of piperidine rings is 1. The van der Waals surface area contributed by atoms with Crippen LogP contribution in [0.4, 0.5) is 4.79 Å². The molecule has 1 saturated carbocycles. The van der Waals surface area contributed by atoms with Gasteiger partial charge in [-0.25, -0.2) is 4.79 Å². The fraction of sp³-hybridized carbons (Fsp3) is 0.600. The minimum Gasteiger partial charge on any atom is -0.453 e. The first-order valence-electron chi connectivity index (χ1n) is 9.18. The van der Waals surface area contributed by atoms with Crippen LogP contribution >= 0.6 is 0 Å². The molecule has 0 aromatic heterocycles. The first kappa shape index (κ1) is 17.8. The van der Waals surface area contributed by atoms with Gasteiger partial charge in [-0.3, -0.25) is 4.79 Å². The van der Waals surface area contributed by atoms with Crippen LogP contribution in [0.15, 0.2) is 24.3 Å². The minimum absolute atomic E-state index is 0.156. The highest BCUT2D eigenvalue weighted by molar-refractivity contribution is 5.80. The summed E-state index contributed by atoms with van der Waals surface area (Å²) in [6.07, 6.45) is 2.45. The molecule has 2 amide bonds. The Balaban J connectivity index is 1.60. The largest absolute Gasteiger partial charge is 0.453 e. The number of hydrogen-bond donors (Lipinski definition) is 1. The summed E-state index contributed by atoms with van der Waals surface area (Å²) in [5.41, 5.74) is 3.02. The van der Waals surface area contributed by atoms with E-state index in [-0.39, 0.29) is 17.2 Å². The number of hydrogen-bond acceptors (Lipinski definition) is 3. The van der Waals surface area contributed by atoms with Crippen LogP contribution < -0.4 is 5.32 Å². The number of alkyl carbamates (subject to hydrolysis) is 1. The van der Waals surface area contributed by atoms with Gasteiger partial charge in [-0.15, -0.1) is 0 Å². The monoisotopic (exact) mass is 344 g/mol. The fourth-order valence-electron chi connectivity index (χ4n) is 4.21. The second kappa shape index (κ2) is 7.06. The summed E-state index contributed by atoms with van der Waals surface area (Å²) in [5.74, 6) is 0.547. The van der Waals surface area contributed by atoms with Crippen molar-refractivity contribution in [3.63, 3.8) is 0 Å². The van der Waals surface area contributed by atoms with Crippen LogP contribution in [0.5, 0.6) is 0 Å². The summed E-state index contributed by atoms with van der Waals surface area (Å²) >= 11 is 0. The SMILES string of the molecule is CCC(CNC(=O)OC)C(=O)N1CCC2(c3cccc(C)c3)CC2C1. The molecule has 1 heterocycles. The Morgan fingerprint density at radius 2 is 2.24 bits per heavy atom. The van der Waals surface area contributed by atoms with Crippen LogP contribution in [-0.2, 0) is 14.9 Å². The molecule has 1 aliphatic carbocycles. The number of benzene rings is 1. The molecule has 1 aromatic rings. The Morgan fingerprint density at radius 3 is 2.88 bits per heavy atom. The van der Waals surface area contributed by atoms with Gasteiger partial charge in [-0.2, -0.15) is 0 Å². The van der Waals surface area contributed by atoms with Gasteiger partial charge in [0.05, 0.1) is 13.0 Å². The average molecular weight is 344 g/mol. The smallest absolute Gasteiger partial charge is 0.406 e. The number of aryl methyl sites for hydroxylation is 1. The molecule has 1 saturated heterocycles. The number of likely N-dealkylation sites (tertiary alicyclic amines) is 1. The van der Waals surface area contributed by atoms with Crippen molar-refractivity contribution in [1.82, 2.24) is 10.2 Å². The molecule has 1 N–H and O–H groups in total. The van der Waals surface area contributed by atoms with Crippen LogP contribution in [0.25, 0.3) is 0 Å². The van der Waals surface area contributed by atoms with E-state index in [4.69, 9.17) is 0 Å². The number of rotatable bonds is 5. The number of nitrogens with zero attached hydrogens (tertiary/aromatic N) is 1. The summed E-state index contributed by atoms with van der Waals surface area (Å²) in [5, 5.41) is 2.66. The third kappa shape index (κ3) is 3.51. The molecule has 1 aromatic carbocycles. The number of nitrogens with one attached hydrogen (secondary N) is 1. The van der Waals surface area contributed by atoms with E-state index in [0.717, 1.165) is 19.5 Å². The highest BCUT2D eigenvalue weighted by Crippen LogP contribution is 2.59. The highest BCUT2D eigenvalue weighted by atomic mass is 16.5. The molecule has 136 valence electrons. The quantitative estimate of drug-likeness (QED) is 0.893. The van der Waals surface area contributed by atoms with Crippen molar-refractivity contribution >= 4 is 12.0 Å². The number of ether oxygens (including phenoxy) is 1. The second-order valence-corrected chi connectivity index (χ2v) is 7.44. The molecule has 3 atom stereocenters. The summed E-state index contributed by atoms with van der Waals surface area (Å²) in [6, 6.07) is 8.81. The molecule has 5 heteroatoms. The predicted octanol–water partition coefficient (Wildman–Crippen LogP) is 2.87. The van der Waals surface area contributed by atoms with Gasteiger partial charge in [0.2, 0.25) is 5.91 Å². The van der Waals surface area contributed by atoms with E-state index in [1.165, 1.54) is 24.7 Å². The first-order chi connectivity index (χ1) is 12.0. The average Bonchev–Trinajstić information content (AvgIpc) is 3.36. The van der Waals surface area contributed by atoms with E-state index in [1.807, 2.05) is 11.8 Å². The zero-order valence-corrected chi connectivity index (χ0v) is 15.4. The van der Waals surface area contributed by atoms with E-state index in [9.17, 15) is 9.59 Å². The van der Waals surface area contributed by atoms with Crippen molar-refractivity contribution in [2.75, 3.05) is 26.7 Å². The summed E-state index contributed by atoms with van der Waals surface area (Å²) in [7, 11) is 1.33. The van der Waals surface area contributed by atoms with Gasteiger partial charge in [-0.05, 0) is 37.7 Å². The van der Waals surface area contributed by atoms with Crippen molar-refractivity contribution in [3.8, 4) is 0 Å². The molecule has 1 aliphatic heterocycles.